The fourth-order valence-electron chi connectivity index (χ4n) is 4.99. The van der Waals surface area contributed by atoms with E-state index in [9.17, 15) is 26.7 Å². The monoisotopic (exact) mass is 536 g/mol. The summed E-state index contributed by atoms with van der Waals surface area (Å²) in [5.41, 5.74) is 0.349. The third-order valence-corrected chi connectivity index (χ3v) is 7.11. The largest absolute Gasteiger partial charge is 0.481 e. The molecule has 2 N–H and O–H groups in total. The maximum absolute atomic E-state index is 13.9. The lowest BCUT2D eigenvalue weighted by atomic mass is 10.0. The number of carboxylic acids is 1. The van der Waals surface area contributed by atoms with E-state index in [4.69, 9.17) is 9.63 Å². The van der Waals surface area contributed by atoms with E-state index in [1.807, 2.05) is 0 Å². The number of aliphatic carboxylic acids is 1. The summed E-state index contributed by atoms with van der Waals surface area (Å²) in [5, 5.41) is 16.3. The molecular weight excluding hydrogens is 511 g/mol. The van der Waals surface area contributed by atoms with Gasteiger partial charge in [-0.3, -0.25) is 4.79 Å². The van der Waals surface area contributed by atoms with Gasteiger partial charge in [-0.1, -0.05) is 5.16 Å². The van der Waals surface area contributed by atoms with Crippen LogP contribution in [-0.2, 0) is 11.0 Å². The van der Waals surface area contributed by atoms with E-state index in [0.29, 0.717) is 18.4 Å². The minimum Gasteiger partial charge on any atom is -0.481 e. The van der Waals surface area contributed by atoms with E-state index in [-0.39, 0.29) is 48.0 Å². The lowest BCUT2D eigenvalue weighted by Crippen LogP contribution is -2.40. The van der Waals surface area contributed by atoms with Crippen LogP contribution in [0.1, 0.15) is 37.7 Å². The summed E-state index contributed by atoms with van der Waals surface area (Å²) in [6.07, 6.45) is -3.77. The van der Waals surface area contributed by atoms with Crippen LogP contribution < -0.4 is 10.2 Å². The number of rotatable bonds is 6. The van der Waals surface area contributed by atoms with Crippen molar-refractivity contribution in [3.8, 4) is 22.8 Å². The van der Waals surface area contributed by atoms with Gasteiger partial charge >= 0.3 is 12.1 Å². The molecular formula is C26H25F5N4O3. The molecule has 0 radical (unpaired) electrons. The van der Waals surface area contributed by atoms with Gasteiger partial charge in [-0.2, -0.15) is 18.2 Å². The number of aromatic nitrogens is 2. The molecule has 2 unspecified atom stereocenters. The topological polar surface area (TPSA) is 91.5 Å². The molecule has 0 amide bonds. The molecule has 3 aromatic rings. The number of hydrogen-bond acceptors (Lipinski definition) is 6. The third-order valence-electron chi connectivity index (χ3n) is 7.11. The number of piperidine rings is 1. The molecule has 2 aliphatic rings. The molecule has 1 aliphatic heterocycles. The molecule has 1 aliphatic carbocycles. The summed E-state index contributed by atoms with van der Waals surface area (Å²) in [4.78, 5) is 16.7. The van der Waals surface area contributed by atoms with Gasteiger partial charge in [0.15, 0.2) is 0 Å². The summed E-state index contributed by atoms with van der Waals surface area (Å²) in [6.45, 7) is -0.346. The first-order valence-corrected chi connectivity index (χ1v) is 12.3. The van der Waals surface area contributed by atoms with Crippen LogP contribution in [0.5, 0.6) is 0 Å². The van der Waals surface area contributed by atoms with Crippen LogP contribution in [0.25, 0.3) is 22.8 Å². The number of hydrogen-bond donors (Lipinski definition) is 2. The first-order valence-electron chi connectivity index (χ1n) is 12.3. The number of anilines is 2. The van der Waals surface area contributed by atoms with Gasteiger partial charge in [-0.25, -0.2) is 8.78 Å². The Labute approximate surface area is 214 Å². The number of benzene rings is 2. The summed E-state index contributed by atoms with van der Waals surface area (Å²) >= 11 is 0. The Morgan fingerprint density at radius 2 is 1.74 bits per heavy atom. The van der Waals surface area contributed by atoms with Gasteiger partial charge in [-0.15, -0.1) is 0 Å². The standard InChI is InChI=1S/C26H25F5N4O3/c27-25(28)9-11-35(12-10-25)21-8-4-16(14-20(21)26(29,30)31)22-33-23(38-34-22)15-1-5-18(6-2-15)32-19-7-3-17(13-19)24(36)37/h1-2,4-6,8,14,17,19,32H,3,7,9-13H2,(H,36,37). The Bertz CT molecular complexity index is 1300. The fraction of sp³-hybridized carbons (Fsp3) is 0.423. The molecule has 12 heteroatoms. The maximum atomic E-state index is 13.9. The summed E-state index contributed by atoms with van der Waals surface area (Å²) in [6, 6.07) is 10.7. The number of carboxylic acid groups (broad SMARTS) is 1. The molecule has 2 atom stereocenters. The predicted octanol–water partition coefficient (Wildman–Crippen LogP) is 6.32. The molecule has 38 heavy (non-hydrogen) atoms. The van der Waals surface area contributed by atoms with Crippen LogP contribution in [0.2, 0.25) is 0 Å². The molecule has 0 bridgehead atoms. The Kier molecular flexibility index (Phi) is 6.74. The van der Waals surface area contributed by atoms with Crippen molar-refractivity contribution in [3.05, 3.63) is 48.0 Å². The van der Waals surface area contributed by atoms with Crippen LogP contribution in [0.15, 0.2) is 47.0 Å². The van der Waals surface area contributed by atoms with Gasteiger partial charge in [0.25, 0.3) is 11.8 Å². The summed E-state index contributed by atoms with van der Waals surface area (Å²) < 4.78 is 74.0. The minimum atomic E-state index is -4.70. The maximum Gasteiger partial charge on any atom is 0.418 e. The lowest BCUT2D eigenvalue weighted by Gasteiger charge is -2.34. The van der Waals surface area contributed by atoms with Crippen molar-refractivity contribution in [3.63, 3.8) is 0 Å². The molecule has 2 fully saturated rings. The first-order chi connectivity index (χ1) is 18.0. The summed E-state index contributed by atoms with van der Waals surface area (Å²) in [5.74, 6) is -3.92. The Balaban J connectivity index is 1.32. The lowest BCUT2D eigenvalue weighted by molar-refractivity contribution is -0.141. The van der Waals surface area contributed by atoms with Crippen LogP contribution in [-0.4, -0.2) is 46.3 Å². The van der Waals surface area contributed by atoms with Gasteiger partial charge in [0.05, 0.1) is 11.5 Å². The molecule has 0 spiro atoms. The molecule has 1 saturated heterocycles. The quantitative estimate of drug-likeness (QED) is 0.356. The van der Waals surface area contributed by atoms with E-state index in [2.05, 4.69) is 15.5 Å². The van der Waals surface area contributed by atoms with E-state index in [1.165, 1.54) is 17.0 Å². The fourth-order valence-corrected chi connectivity index (χ4v) is 4.99. The van der Waals surface area contributed by atoms with Gasteiger partial charge in [0.1, 0.15) is 0 Å². The van der Waals surface area contributed by atoms with Crippen molar-refractivity contribution >= 4 is 17.3 Å². The highest BCUT2D eigenvalue weighted by atomic mass is 19.4. The van der Waals surface area contributed by atoms with Gasteiger partial charge in [0, 0.05) is 54.5 Å². The SMILES string of the molecule is O=C(O)C1CCC(Nc2ccc(-c3nc(-c4ccc(N5CCC(F)(F)CC5)c(C(F)(F)F)c4)no3)cc2)C1. The minimum absolute atomic E-state index is 0.0323. The Morgan fingerprint density at radius 1 is 1.05 bits per heavy atom. The van der Waals surface area contributed by atoms with Gasteiger partial charge in [0.2, 0.25) is 5.82 Å². The van der Waals surface area contributed by atoms with E-state index in [1.54, 1.807) is 24.3 Å². The van der Waals surface area contributed by atoms with Crippen molar-refractivity contribution in [1.29, 1.82) is 0 Å². The Hall–Kier alpha value is -3.70. The third kappa shape index (κ3) is 5.58. The average Bonchev–Trinajstić information content (AvgIpc) is 3.54. The van der Waals surface area contributed by atoms with Crippen LogP contribution in [0, 0.1) is 5.92 Å². The van der Waals surface area contributed by atoms with Crippen LogP contribution in [0.3, 0.4) is 0 Å². The summed E-state index contributed by atoms with van der Waals surface area (Å²) in [7, 11) is 0. The van der Waals surface area contributed by atoms with Crippen molar-refractivity contribution in [2.24, 2.45) is 5.92 Å². The second kappa shape index (κ2) is 9.88. The van der Waals surface area contributed by atoms with E-state index in [0.717, 1.165) is 18.2 Å². The zero-order valence-electron chi connectivity index (χ0n) is 20.1. The molecule has 202 valence electrons. The van der Waals surface area contributed by atoms with Crippen molar-refractivity contribution in [2.45, 2.75) is 50.2 Å². The van der Waals surface area contributed by atoms with Crippen molar-refractivity contribution < 1.29 is 36.4 Å². The molecule has 2 aromatic carbocycles. The number of carbonyl (C=O) groups is 1. The first kappa shape index (κ1) is 25.9. The molecule has 1 aromatic heterocycles. The van der Waals surface area contributed by atoms with Gasteiger partial charge < -0.3 is 19.8 Å². The normalized spacial score (nSPS) is 21.4. The predicted molar refractivity (Wildman–Crippen MR) is 129 cm³/mol. The van der Waals surface area contributed by atoms with Crippen molar-refractivity contribution in [2.75, 3.05) is 23.3 Å². The number of nitrogens with zero attached hydrogens (tertiary/aromatic N) is 3. The van der Waals surface area contributed by atoms with E-state index >= 15 is 0 Å². The van der Waals surface area contributed by atoms with Gasteiger partial charge in [-0.05, 0) is 61.7 Å². The molecule has 1 saturated carbocycles. The number of alkyl halides is 5. The zero-order chi connectivity index (χ0) is 27.1. The molecule has 2 heterocycles. The van der Waals surface area contributed by atoms with Crippen molar-refractivity contribution in [1.82, 2.24) is 10.1 Å². The highest BCUT2D eigenvalue weighted by Crippen LogP contribution is 2.41. The molecule has 5 rings (SSSR count). The number of nitrogens with one attached hydrogen (secondary N) is 1. The van der Waals surface area contributed by atoms with E-state index < -0.39 is 36.5 Å². The average molecular weight is 537 g/mol. The van der Waals surface area contributed by atoms with Crippen LogP contribution >= 0.6 is 0 Å². The molecule has 7 nitrogen and oxygen atoms in total. The highest BCUT2D eigenvalue weighted by molar-refractivity contribution is 5.71. The van der Waals surface area contributed by atoms with Crippen LogP contribution in [0.4, 0.5) is 33.3 Å². The zero-order valence-corrected chi connectivity index (χ0v) is 20.1. The Morgan fingerprint density at radius 3 is 2.37 bits per heavy atom. The second-order valence-electron chi connectivity index (χ2n) is 9.76. The number of halogens is 5. The second-order valence-corrected chi connectivity index (χ2v) is 9.76. The highest BCUT2D eigenvalue weighted by Gasteiger charge is 2.39. The smallest absolute Gasteiger partial charge is 0.418 e.